The quantitative estimate of drug-likeness (QED) is 0.0169. The molecule has 2 unspecified atom stereocenters. The number of aliphatic hydroxyl groups is 1. The fraction of sp³-hybridized carbons (Fsp3) is 0.783. The Hall–Kier alpha value is -3.76. The van der Waals surface area contributed by atoms with Crippen molar-refractivity contribution in [2.45, 2.75) is 380 Å². The van der Waals surface area contributed by atoms with Crippen LogP contribution in [0.1, 0.15) is 362 Å². The Kier molecular flexibility index (Phi) is 72.7. The maximum absolute atomic E-state index is 13.1. The molecule has 5 atom stereocenters. The van der Waals surface area contributed by atoms with E-state index in [0.717, 1.165) is 154 Å². The van der Waals surface area contributed by atoms with Gasteiger partial charge >= 0.3 is 39.5 Å². The fourth-order valence-electron chi connectivity index (χ4n) is 11.1. The van der Waals surface area contributed by atoms with Crippen molar-refractivity contribution in [2.75, 3.05) is 39.6 Å². The van der Waals surface area contributed by atoms with Crippen molar-refractivity contribution in [3.8, 4) is 0 Å². The van der Waals surface area contributed by atoms with Crippen LogP contribution in [0.5, 0.6) is 0 Å². The molecule has 0 aromatic heterocycles. The van der Waals surface area contributed by atoms with Crippen molar-refractivity contribution in [3.63, 3.8) is 0 Å². The molecule has 0 saturated carbocycles. The molecule has 0 radical (unpaired) electrons. The molecule has 3 N–H and O–H groups in total. The lowest BCUT2D eigenvalue weighted by molar-refractivity contribution is -0.161. The number of ether oxygens (including phenoxy) is 4. The van der Waals surface area contributed by atoms with Crippen LogP contribution >= 0.6 is 15.6 Å². The van der Waals surface area contributed by atoms with Crippen LogP contribution in [0.15, 0.2) is 85.1 Å². The summed E-state index contributed by atoms with van der Waals surface area (Å²) in [6, 6.07) is 0. The van der Waals surface area contributed by atoms with Gasteiger partial charge in [-0.2, -0.15) is 0 Å². The zero-order valence-electron chi connectivity index (χ0n) is 64.8. The Bertz CT molecular complexity index is 2260. The highest BCUT2D eigenvalue weighted by Gasteiger charge is 2.30. The number of carbonyl (C=O) groups excluding carboxylic acids is 4. The number of carbonyl (C=O) groups is 4. The topological polar surface area (TPSA) is 237 Å². The molecular formula is C83H148O17P2. The summed E-state index contributed by atoms with van der Waals surface area (Å²) in [5, 5.41) is 10.6. The van der Waals surface area contributed by atoms with Gasteiger partial charge in [0.1, 0.15) is 19.3 Å². The second-order valence-corrected chi connectivity index (χ2v) is 30.2. The molecule has 0 aromatic rings. The van der Waals surface area contributed by atoms with Gasteiger partial charge in [-0.25, -0.2) is 9.13 Å². The van der Waals surface area contributed by atoms with Crippen LogP contribution in [0.25, 0.3) is 0 Å². The number of phosphoric acid groups is 2. The van der Waals surface area contributed by atoms with Crippen LogP contribution < -0.4 is 0 Å². The fourth-order valence-corrected chi connectivity index (χ4v) is 12.7. The summed E-state index contributed by atoms with van der Waals surface area (Å²) < 4.78 is 68.6. The highest BCUT2D eigenvalue weighted by molar-refractivity contribution is 7.47. The number of rotatable bonds is 77. The molecule has 19 heteroatoms. The summed E-state index contributed by atoms with van der Waals surface area (Å²) in [6.07, 6.45) is 78.4. The highest BCUT2D eigenvalue weighted by Crippen LogP contribution is 2.45. The van der Waals surface area contributed by atoms with Crippen molar-refractivity contribution < 1.29 is 80.2 Å². The zero-order valence-corrected chi connectivity index (χ0v) is 66.6. The van der Waals surface area contributed by atoms with E-state index < -0.39 is 97.5 Å². The van der Waals surface area contributed by atoms with Gasteiger partial charge in [-0.15, -0.1) is 0 Å². The zero-order chi connectivity index (χ0) is 74.6. The van der Waals surface area contributed by atoms with E-state index in [0.29, 0.717) is 25.7 Å². The predicted octanol–water partition coefficient (Wildman–Crippen LogP) is 23.8. The first-order chi connectivity index (χ1) is 49.7. The van der Waals surface area contributed by atoms with Crippen LogP contribution in [-0.2, 0) is 65.4 Å². The number of phosphoric ester groups is 2. The van der Waals surface area contributed by atoms with Gasteiger partial charge in [-0.3, -0.25) is 37.3 Å². The third kappa shape index (κ3) is 74.5. The SMILES string of the molecule is CC/C=C\C/C=C\C/C=C\C/C=C\C/C=C\CCCCCC(=O)OC[C@H](COP(=O)(O)OC[C@@H](O)COP(=O)(O)OC[C@@H](COC(=O)CCCCCCCCC/C=C\CCCCCC)OC(=O)CCCCCCCCCCCCCCC)OC(=O)CCCCCCC/C=C\CCCCCCCC. The second-order valence-electron chi connectivity index (χ2n) is 27.3. The average Bonchev–Trinajstić information content (AvgIpc) is 0.924. The van der Waals surface area contributed by atoms with E-state index in [2.05, 4.69) is 113 Å². The van der Waals surface area contributed by atoms with Crippen molar-refractivity contribution in [2.24, 2.45) is 0 Å². The minimum atomic E-state index is -4.98. The normalized spacial score (nSPS) is 14.3. The van der Waals surface area contributed by atoms with E-state index >= 15 is 0 Å². The number of hydrogen-bond donors (Lipinski definition) is 3. The number of hydrogen-bond acceptors (Lipinski definition) is 15. The highest BCUT2D eigenvalue weighted by atomic mass is 31.2. The summed E-state index contributed by atoms with van der Waals surface area (Å²) in [7, 11) is -9.96. The number of aliphatic hydroxyl groups excluding tert-OH is 1. The van der Waals surface area contributed by atoms with Gasteiger partial charge in [-0.05, 0) is 122 Å². The maximum atomic E-state index is 13.1. The molecule has 592 valence electrons. The van der Waals surface area contributed by atoms with Crippen molar-refractivity contribution in [3.05, 3.63) is 85.1 Å². The largest absolute Gasteiger partial charge is 0.472 e. The molecule has 0 bridgehead atoms. The average molecular weight is 1480 g/mol. The number of esters is 4. The molecule has 0 saturated heterocycles. The van der Waals surface area contributed by atoms with Crippen LogP contribution in [0.2, 0.25) is 0 Å². The molecular weight excluding hydrogens is 1330 g/mol. The van der Waals surface area contributed by atoms with Crippen LogP contribution in [0, 0.1) is 0 Å². The molecule has 102 heavy (non-hydrogen) atoms. The molecule has 0 fully saturated rings. The molecule has 0 amide bonds. The molecule has 0 aliphatic carbocycles. The minimum absolute atomic E-state index is 0.0790. The van der Waals surface area contributed by atoms with E-state index in [1.807, 2.05) is 0 Å². The third-order valence-electron chi connectivity index (χ3n) is 17.3. The molecule has 0 aromatic carbocycles. The van der Waals surface area contributed by atoms with Crippen LogP contribution in [0.3, 0.4) is 0 Å². The summed E-state index contributed by atoms with van der Waals surface area (Å²) >= 11 is 0. The van der Waals surface area contributed by atoms with Gasteiger partial charge in [0.2, 0.25) is 0 Å². The van der Waals surface area contributed by atoms with E-state index in [4.69, 9.17) is 37.0 Å². The van der Waals surface area contributed by atoms with Gasteiger partial charge in [0.05, 0.1) is 26.4 Å². The molecule has 17 nitrogen and oxygen atoms in total. The van der Waals surface area contributed by atoms with Crippen molar-refractivity contribution in [1.82, 2.24) is 0 Å². The van der Waals surface area contributed by atoms with E-state index in [1.54, 1.807) is 0 Å². The minimum Gasteiger partial charge on any atom is -0.462 e. The molecule has 0 heterocycles. The van der Waals surface area contributed by atoms with E-state index in [-0.39, 0.29) is 25.7 Å². The lowest BCUT2D eigenvalue weighted by Crippen LogP contribution is -2.30. The third-order valence-corrected chi connectivity index (χ3v) is 19.2. The van der Waals surface area contributed by atoms with Crippen LogP contribution in [-0.4, -0.2) is 96.7 Å². The van der Waals surface area contributed by atoms with Crippen molar-refractivity contribution >= 4 is 39.5 Å². The Balaban J connectivity index is 5.36. The predicted molar refractivity (Wildman–Crippen MR) is 418 cm³/mol. The molecule has 0 aliphatic heterocycles. The molecule has 0 aliphatic rings. The molecule has 0 spiro atoms. The van der Waals surface area contributed by atoms with E-state index in [1.165, 1.54) is 128 Å². The number of allylic oxidation sites excluding steroid dienone is 14. The Morgan fingerprint density at radius 1 is 0.284 bits per heavy atom. The first-order valence-electron chi connectivity index (χ1n) is 40.8. The van der Waals surface area contributed by atoms with Gasteiger partial charge in [-0.1, -0.05) is 299 Å². The number of unbranched alkanes of at least 4 members (excludes halogenated alkanes) is 37. The Morgan fingerprint density at radius 3 is 0.814 bits per heavy atom. The summed E-state index contributed by atoms with van der Waals surface area (Å²) in [5.74, 6) is -2.20. The van der Waals surface area contributed by atoms with Gasteiger partial charge in [0.25, 0.3) is 0 Å². The van der Waals surface area contributed by atoms with Gasteiger partial charge in [0, 0.05) is 25.7 Å². The smallest absolute Gasteiger partial charge is 0.462 e. The standard InChI is InChI=1S/C83H148O17P2/c1-5-9-13-17-21-25-29-33-36-37-38-39-42-45-48-52-56-60-64-68-81(86)94-74-79(100-83(88)70-66-62-58-54-50-46-41-35-31-27-23-19-15-11-7-3)76-98-102(91,92)96-72-77(84)71-95-101(89,90)97-75-78(99-82(87)69-65-61-57-53-49-43-32-28-24-20-16-12-8-4)73-93-80(85)67-63-59-55-51-47-44-40-34-30-26-22-18-14-10-6-2/h9,13,21,25-26,30,33,35-36,38-39,41,45,48,77-79,84H,5-8,10-12,14-20,22-24,27-29,31-32,34,37,40,42-44,46-47,49-76H2,1-4H3,(H,89,90)(H,91,92)/b13-9-,25-21-,30-26-,36-33-,39-38-,41-35-,48-45-/t77-,78+,79+/m0/s1. The lowest BCUT2D eigenvalue weighted by atomic mass is 10.0. The maximum Gasteiger partial charge on any atom is 0.472 e. The van der Waals surface area contributed by atoms with Crippen molar-refractivity contribution in [1.29, 1.82) is 0 Å². The van der Waals surface area contributed by atoms with Gasteiger partial charge < -0.3 is 33.8 Å². The summed E-state index contributed by atoms with van der Waals surface area (Å²) in [6.45, 7) is 4.75. The summed E-state index contributed by atoms with van der Waals surface area (Å²) in [5.41, 5.74) is 0. The van der Waals surface area contributed by atoms with E-state index in [9.17, 15) is 43.2 Å². The second kappa shape index (κ2) is 75.5. The monoisotopic (exact) mass is 1480 g/mol. The molecule has 0 rings (SSSR count). The van der Waals surface area contributed by atoms with Crippen LogP contribution in [0.4, 0.5) is 0 Å². The Morgan fingerprint density at radius 2 is 0.510 bits per heavy atom. The first-order valence-corrected chi connectivity index (χ1v) is 43.8. The summed E-state index contributed by atoms with van der Waals surface area (Å²) in [4.78, 5) is 73.0. The lowest BCUT2D eigenvalue weighted by Gasteiger charge is -2.21. The first kappa shape index (κ1) is 98.2. The Labute approximate surface area is 621 Å². The van der Waals surface area contributed by atoms with Gasteiger partial charge in [0.15, 0.2) is 12.2 Å².